The van der Waals surface area contributed by atoms with E-state index < -0.39 is 0 Å². The summed E-state index contributed by atoms with van der Waals surface area (Å²) < 4.78 is 6.26. The molecule has 1 aliphatic rings. The second-order valence-corrected chi connectivity index (χ2v) is 5.40. The summed E-state index contributed by atoms with van der Waals surface area (Å²) in [6.45, 7) is 0. The molecular weight excluding hydrogens is 292 g/mol. The van der Waals surface area contributed by atoms with Crippen molar-refractivity contribution in [1.82, 2.24) is 0 Å². The predicted molar refractivity (Wildman–Crippen MR) is 74.7 cm³/mol. The Bertz CT molecular complexity index is 602. The van der Waals surface area contributed by atoms with E-state index >= 15 is 0 Å². The van der Waals surface area contributed by atoms with Crippen molar-refractivity contribution in [2.75, 3.05) is 0 Å². The minimum atomic E-state index is -0.225. The molecule has 0 radical (unpaired) electrons. The first-order chi connectivity index (χ1) is 8.75. The molecule has 92 valence electrons. The average molecular weight is 305 g/mol. The minimum absolute atomic E-state index is 0.121. The standard InChI is InChI=1S/C15H13BrO2/c16-14-12-7-2-1-4-10(12)8-9-13(14)15(17)18-11-5-3-6-11/h1-2,4,7-9,11H,3,5-6H2. The zero-order valence-corrected chi connectivity index (χ0v) is 11.4. The lowest BCUT2D eigenvalue weighted by molar-refractivity contribution is 0.00893. The molecule has 3 rings (SSSR count). The largest absolute Gasteiger partial charge is 0.459 e. The van der Waals surface area contributed by atoms with Crippen LogP contribution in [-0.2, 0) is 4.74 Å². The molecular formula is C15H13BrO2. The Morgan fingerprint density at radius 3 is 2.67 bits per heavy atom. The first-order valence-corrected chi connectivity index (χ1v) is 6.93. The van der Waals surface area contributed by atoms with Crippen molar-refractivity contribution >= 4 is 32.7 Å². The van der Waals surface area contributed by atoms with Gasteiger partial charge in [-0.1, -0.05) is 30.3 Å². The van der Waals surface area contributed by atoms with E-state index in [0.717, 1.165) is 34.5 Å². The molecule has 18 heavy (non-hydrogen) atoms. The Morgan fingerprint density at radius 2 is 1.94 bits per heavy atom. The molecule has 0 bridgehead atoms. The number of hydrogen-bond donors (Lipinski definition) is 0. The van der Waals surface area contributed by atoms with Crippen LogP contribution in [0, 0.1) is 0 Å². The number of carbonyl (C=O) groups excluding carboxylic acids is 1. The number of fused-ring (bicyclic) bond motifs is 1. The lowest BCUT2D eigenvalue weighted by Crippen LogP contribution is -2.25. The summed E-state index contributed by atoms with van der Waals surface area (Å²) in [6.07, 6.45) is 3.28. The number of hydrogen-bond acceptors (Lipinski definition) is 2. The number of rotatable bonds is 2. The number of benzene rings is 2. The Labute approximate surface area is 114 Å². The van der Waals surface area contributed by atoms with Crippen molar-refractivity contribution < 1.29 is 9.53 Å². The highest BCUT2D eigenvalue weighted by Crippen LogP contribution is 2.30. The van der Waals surface area contributed by atoms with Crippen LogP contribution in [0.4, 0.5) is 0 Å². The van der Waals surface area contributed by atoms with Gasteiger partial charge in [0.2, 0.25) is 0 Å². The highest BCUT2D eigenvalue weighted by molar-refractivity contribution is 9.10. The molecule has 1 saturated carbocycles. The van der Waals surface area contributed by atoms with Gasteiger partial charge in [0.15, 0.2) is 0 Å². The molecule has 0 unspecified atom stereocenters. The van der Waals surface area contributed by atoms with Crippen LogP contribution in [0.3, 0.4) is 0 Å². The Morgan fingerprint density at radius 1 is 1.17 bits per heavy atom. The van der Waals surface area contributed by atoms with E-state index in [2.05, 4.69) is 15.9 Å². The number of ether oxygens (including phenoxy) is 1. The van der Waals surface area contributed by atoms with Crippen molar-refractivity contribution in [2.24, 2.45) is 0 Å². The van der Waals surface area contributed by atoms with E-state index in [1.165, 1.54) is 0 Å². The second-order valence-electron chi connectivity index (χ2n) is 4.61. The smallest absolute Gasteiger partial charge is 0.339 e. The number of carbonyl (C=O) groups is 1. The molecule has 2 nitrogen and oxygen atoms in total. The summed E-state index contributed by atoms with van der Waals surface area (Å²) in [4.78, 5) is 12.1. The molecule has 1 aliphatic carbocycles. The Hall–Kier alpha value is -1.35. The van der Waals surface area contributed by atoms with E-state index in [-0.39, 0.29) is 12.1 Å². The first kappa shape index (κ1) is 11.7. The predicted octanol–water partition coefficient (Wildman–Crippen LogP) is 4.31. The summed E-state index contributed by atoms with van der Waals surface area (Å²) in [6, 6.07) is 11.8. The normalized spacial score (nSPS) is 15.4. The van der Waals surface area contributed by atoms with Gasteiger partial charge < -0.3 is 4.74 Å². The molecule has 0 heterocycles. The van der Waals surface area contributed by atoms with Crippen molar-refractivity contribution in [3.8, 4) is 0 Å². The van der Waals surface area contributed by atoms with Gasteiger partial charge in [0.05, 0.1) is 5.56 Å². The van der Waals surface area contributed by atoms with Gasteiger partial charge in [-0.3, -0.25) is 0 Å². The fourth-order valence-electron chi connectivity index (χ4n) is 2.09. The molecule has 0 aromatic heterocycles. The van der Waals surface area contributed by atoms with Crippen molar-refractivity contribution in [3.63, 3.8) is 0 Å². The van der Waals surface area contributed by atoms with Crippen LogP contribution >= 0.6 is 15.9 Å². The minimum Gasteiger partial charge on any atom is -0.459 e. The van der Waals surface area contributed by atoms with E-state index in [4.69, 9.17) is 4.74 Å². The molecule has 2 aromatic carbocycles. The third-order valence-electron chi connectivity index (χ3n) is 3.41. The first-order valence-electron chi connectivity index (χ1n) is 6.14. The summed E-state index contributed by atoms with van der Waals surface area (Å²) >= 11 is 3.51. The van der Waals surface area contributed by atoms with E-state index in [1.54, 1.807) is 0 Å². The molecule has 0 saturated heterocycles. The second kappa shape index (κ2) is 4.73. The van der Waals surface area contributed by atoms with Gasteiger partial charge >= 0.3 is 5.97 Å². The molecule has 0 N–H and O–H groups in total. The van der Waals surface area contributed by atoms with Gasteiger partial charge in [0, 0.05) is 4.47 Å². The van der Waals surface area contributed by atoms with Crippen LogP contribution < -0.4 is 0 Å². The summed E-state index contributed by atoms with van der Waals surface area (Å²) in [7, 11) is 0. The molecule has 0 atom stereocenters. The Kier molecular flexibility index (Phi) is 3.08. The third kappa shape index (κ3) is 2.03. The van der Waals surface area contributed by atoms with Gasteiger partial charge in [0.25, 0.3) is 0 Å². The lowest BCUT2D eigenvalue weighted by Gasteiger charge is -2.25. The summed E-state index contributed by atoms with van der Waals surface area (Å²) in [5, 5.41) is 2.16. The maximum absolute atomic E-state index is 12.1. The SMILES string of the molecule is O=C(OC1CCC1)c1ccc2ccccc2c1Br. The van der Waals surface area contributed by atoms with Crippen LogP contribution in [0.25, 0.3) is 10.8 Å². The summed E-state index contributed by atoms with van der Waals surface area (Å²) in [5.74, 6) is -0.225. The van der Waals surface area contributed by atoms with Gasteiger partial charge in [0.1, 0.15) is 6.10 Å². The van der Waals surface area contributed by atoms with Crippen LogP contribution in [0.1, 0.15) is 29.6 Å². The maximum atomic E-state index is 12.1. The average Bonchev–Trinajstić information content (AvgIpc) is 2.34. The van der Waals surface area contributed by atoms with Crippen LogP contribution in [0.15, 0.2) is 40.9 Å². The van der Waals surface area contributed by atoms with Crippen molar-refractivity contribution in [2.45, 2.75) is 25.4 Å². The van der Waals surface area contributed by atoms with E-state index in [0.29, 0.717) is 5.56 Å². The van der Waals surface area contributed by atoms with Crippen molar-refractivity contribution in [1.29, 1.82) is 0 Å². The van der Waals surface area contributed by atoms with Gasteiger partial charge in [-0.05, 0) is 52.0 Å². The third-order valence-corrected chi connectivity index (χ3v) is 4.26. The molecule has 3 heteroatoms. The maximum Gasteiger partial charge on any atom is 0.339 e. The molecule has 0 spiro atoms. The highest BCUT2D eigenvalue weighted by Gasteiger charge is 2.23. The van der Waals surface area contributed by atoms with E-state index in [9.17, 15) is 4.79 Å². The van der Waals surface area contributed by atoms with Crippen LogP contribution in [0.2, 0.25) is 0 Å². The molecule has 1 fully saturated rings. The number of esters is 1. The quantitative estimate of drug-likeness (QED) is 0.773. The number of halogens is 1. The molecule has 2 aromatic rings. The van der Waals surface area contributed by atoms with Crippen LogP contribution in [-0.4, -0.2) is 12.1 Å². The Balaban J connectivity index is 1.96. The molecule has 0 amide bonds. The zero-order valence-electron chi connectivity index (χ0n) is 9.86. The topological polar surface area (TPSA) is 26.3 Å². The van der Waals surface area contributed by atoms with Gasteiger partial charge in [-0.2, -0.15) is 0 Å². The monoisotopic (exact) mass is 304 g/mol. The summed E-state index contributed by atoms with van der Waals surface area (Å²) in [5.41, 5.74) is 0.612. The fourth-order valence-corrected chi connectivity index (χ4v) is 2.75. The molecule has 0 aliphatic heterocycles. The zero-order chi connectivity index (χ0) is 12.5. The van der Waals surface area contributed by atoms with Gasteiger partial charge in [-0.25, -0.2) is 4.79 Å². The van der Waals surface area contributed by atoms with E-state index in [1.807, 2.05) is 36.4 Å². The highest BCUT2D eigenvalue weighted by atomic mass is 79.9. The lowest BCUT2D eigenvalue weighted by atomic mass is 9.96. The fraction of sp³-hybridized carbons (Fsp3) is 0.267. The van der Waals surface area contributed by atoms with Crippen LogP contribution in [0.5, 0.6) is 0 Å². The van der Waals surface area contributed by atoms with Gasteiger partial charge in [-0.15, -0.1) is 0 Å². The van der Waals surface area contributed by atoms with Crippen molar-refractivity contribution in [3.05, 3.63) is 46.4 Å².